The summed E-state index contributed by atoms with van der Waals surface area (Å²) in [6.07, 6.45) is 0. The van der Waals surface area contributed by atoms with Crippen molar-refractivity contribution in [2.45, 2.75) is 18.1 Å². The second-order valence-corrected chi connectivity index (χ2v) is 9.26. The number of fused-ring (bicyclic) bond motifs is 1. The molecule has 2 rings (SSSR count). The highest BCUT2D eigenvalue weighted by Gasteiger charge is 2.17. The molecule has 2 aromatic rings. The van der Waals surface area contributed by atoms with Crippen LogP contribution in [0.5, 0.6) is 0 Å². The van der Waals surface area contributed by atoms with Crippen LogP contribution in [0.2, 0.25) is 0 Å². The summed E-state index contributed by atoms with van der Waals surface area (Å²) < 4.78 is 6.64. The van der Waals surface area contributed by atoms with E-state index in [-0.39, 0.29) is 10.4 Å². The lowest BCUT2D eigenvalue weighted by Crippen LogP contribution is -2.21. The maximum Gasteiger partial charge on any atom is 0.420 e. The summed E-state index contributed by atoms with van der Waals surface area (Å²) >= 11 is 0. The quantitative estimate of drug-likeness (QED) is 0.786. The number of oxazole rings is 1. The van der Waals surface area contributed by atoms with Gasteiger partial charge in [0.1, 0.15) is 0 Å². The molecule has 1 heterocycles. The van der Waals surface area contributed by atoms with Gasteiger partial charge in [0.05, 0.1) is 5.52 Å². The Hall–Kier alpha value is -0.220. The molecule has 86 valence electrons. The van der Waals surface area contributed by atoms with Gasteiger partial charge >= 0.3 is 5.76 Å². The summed E-state index contributed by atoms with van der Waals surface area (Å²) in [5, 5.41) is 0. The van der Waals surface area contributed by atoms with Crippen molar-refractivity contribution in [1.82, 2.24) is 4.57 Å². The van der Waals surface area contributed by atoms with E-state index in [1.165, 1.54) is 0 Å². The number of hydrogen-bond donors (Lipinski definition) is 0. The molecule has 3 atom stereocenters. The highest BCUT2D eigenvalue weighted by molar-refractivity contribution is 7.57. The van der Waals surface area contributed by atoms with Gasteiger partial charge in [0, 0.05) is 11.2 Å². The molecule has 3 nitrogen and oxygen atoms in total. The van der Waals surface area contributed by atoms with E-state index in [1.807, 2.05) is 25.1 Å². The van der Waals surface area contributed by atoms with E-state index in [9.17, 15) is 4.79 Å². The van der Waals surface area contributed by atoms with E-state index in [2.05, 4.69) is 27.7 Å². The molecule has 0 bridgehead atoms. The van der Waals surface area contributed by atoms with E-state index >= 15 is 0 Å². The molecule has 6 heteroatoms. The average molecular weight is 273 g/mol. The van der Waals surface area contributed by atoms with Crippen molar-refractivity contribution in [3.63, 3.8) is 0 Å². The Morgan fingerprint density at radius 1 is 1.38 bits per heavy atom. The Morgan fingerprint density at radius 3 is 2.69 bits per heavy atom. The van der Waals surface area contributed by atoms with Crippen LogP contribution in [0.15, 0.2) is 27.4 Å². The van der Waals surface area contributed by atoms with Crippen LogP contribution in [0.3, 0.4) is 0 Å². The van der Waals surface area contributed by atoms with E-state index < -0.39 is 0 Å². The molecule has 0 aliphatic rings. The summed E-state index contributed by atoms with van der Waals surface area (Å²) in [6.45, 7) is 2.55. The lowest BCUT2D eigenvalue weighted by atomic mass is 10.2. The van der Waals surface area contributed by atoms with Crippen molar-refractivity contribution in [2.24, 2.45) is 0 Å². The molecule has 0 N–H and O–H groups in total. The maximum absolute atomic E-state index is 11.7. The van der Waals surface area contributed by atoms with Gasteiger partial charge in [-0.15, -0.1) is 27.7 Å². The second-order valence-electron chi connectivity index (χ2n) is 4.04. The van der Waals surface area contributed by atoms with Gasteiger partial charge in [-0.05, 0) is 24.6 Å². The zero-order chi connectivity index (χ0) is 11.9. The Bertz CT molecular complexity index is 580. The maximum atomic E-state index is 11.7. The van der Waals surface area contributed by atoms with Crippen molar-refractivity contribution in [3.05, 3.63) is 34.3 Å². The summed E-state index contributed by atoms with van der Waals surface area (Å²) in [5.41, 5.74) is 2.60. The smallest absolute Gasteiger partial charge is 0.408 e. The van der Waals surface area contributed by atoms with Gasteiger partial charge in [-0.2, -0.15) is 0 Å². The zero-order valence-corrected chi connectivity index (χ0v) is 12.4. The van der Waals surface area contributed by atoms with Gasteiger partial charge in [-0.1, -0.05) is 6.07 Å². The molecule has 0 saturated carbocycles. The number of rotatable bonds is 2. The second kappa shape index (κ2) is 4.22. The Kier molecular flexibility index (Phi) is 3.23. The normalized spacial score (nSPS) is 12.2. The predicted molar refractivity (Wildman–Crippen MR) is 77.1 cm³/mol. The van der Waals surface area contributed by atoms with Gasteiger partial charge in [0.2, 0.25) is 0 Å². The van der Waals surface area contributed by atoms with E-state index in [0.29, 0.717) is 12.1 Å². The van der Waals surface area contributed by atoms with Crippen LogP contribution in [0.25, 0.3) is 11.1 Å². The summed E-state index contributed by atoms with van der Waals surface area (Å²) in [5.74, 6) is -0.308. The monoisotopic (exact) mass is 273 g/mol. The molecule has 0 aliphatic carbocycles. The van der Waals surface area contributed by atoms with Crippen LogP contribution < -0.4 is 5.76 Å². The van der Waals surface area contributed by atoms with Crippen LogP contribution in [-0.2, 0) is 6.54 Å². The van der Waals surface area contributed by atoms with Crippen LogP contribution in [0, 0.1) is 6.92 Å². The molecule has 0 saturated heterocycles. The highest BCUT2D eigenvalue weighted by atomic mass is 31.1. The summed E-state index contributed by atoms with van der Waals surface area (Å²) in [4.78, 5) is 11.7. The molecule has 3 unspecified atom stereocenters. The van der Waals surface area contributed by atoms with E-state index in [1.54, 1.807) is 4.57 Å². The summed E-state index contributed by atoms with van der Waals surface area (Å²) in [6, 6.07) is 5.73. The number of nitrogens with zero attached hydrogens (tertiary/aromatic N) is 1. The van der Waals surface area contributed by atoms with Crippen LogP contribution in [-0.4, -0.2) is 9.21 Å². The van der Waals surface area contributed by atoms with Gasteiger partial charge < -0.3 is 4.42 Å². The molecule has 1 aromatic carbocycles. The molecule has 0 aliphatic heterocycles. The van der Waals surface area contributed by atoms with Crippen molar-refractivity contribution >= 4 is 38.8 Å². The third-order valence-corrected chi connectivity index (χ3v) is 2.80. The number of hydrogen-bond acceptors (Lipinski definition) is 2. The summed E-state index contributed by atoms with van der Waals surface area (Å²) in [7, 11) is 8.00. The Morgan fingerprint density at radius 2 is 2.06 bits per heavy atom. The van der Waals surface area contributed by atoms with Gasteiger partial charge in [0.25, 0.3) is 0 Å². The van der Waals surface area contributed by atoms with Gasteiger partial charge in [-0.25, -0.2) is 4.79 Å². The molecule has 0 radical (unpaired) electrons. The fraction of sp³-hybridized carbons (Fsp3) is 0.300. The molecule has 1 aromatic heterocycles. The number of aromatic nitrogens is 1. The Labute approximate surface area is 101 Å². The number of benzene rings is 1. The lowest BCUT2D eigenvalue weighted by molar-refractivity contribution is 0.509. The third kappa shape index (κ3) is 2.54. The van der Waals surface area contributed by atoms with E-state index in [0.717, 1.165) is 11.1 Å². The van der Waals surface area contributed by atoms with Gasteiger partial charge in [-0.3, -0.25) is 4.57 Å². The first-order valence-electron chi connectivity index (χ1n) is 4.83. The van der Waals surface area contributed by atoms with Crippen molar-refractivity contribution in [1.29, 1.82) is 0 Å². The van der Waals surface area contributed by atoms with Crippen LogP contribution in [0.1, 0.15) is 5.56 Å². The zero-order valence-electron chi connectivity index (χ0n) is 8.93. The fourth-order valence-electron chi connectivity index (χ4n) is 1.60. The molecule has 0 spiro atoms. The molecular weight excluding hydrogens is 259 g/mol. The van der Waals surface area contributed by atoms with Crippen LogP contribution >= 0.6 is 27.7 Å². The largest absolute Gasteiger partial charge is 0.420 e. The Balaban J connectivity index is 2.63. The first kappa shape index (κ1) is 12.2. The topological polar surface area (TPSA) is 35.1 Å². The van der Waals surface area contributed by atoms with Gasteiger partial charge in [0.15, 0.2) is 5.58 Å². The molecular formula is C10H14NO2P3. The predicted octanol–water partition coefficient (Wildman–Crippen LogP) is 2.18. The fourth-order valence-corrected chi connectivity index (χ4v) is 2.14. The van der Waals surface area contributed by atoms with Crippen molar-refractivity contribution in [2.75, 3.05) is 0 Å². The number of aryl methyl sites for hydroxylation is 1. The minimum Gasteiger partial charge on any atom is -0.408 e. The molecule has 16 heavy (non-hydrogen) atoms. The van der Waals surface area contributed by atoms with Crippen molar-refractivity contribution < 1.29 is 4.42 Å². The SMILES string of the molecule is Cc1ccc2oc(=O)n(CC(P)(P)P)c2c1. The highest BCUT2D eigenvalue weighted by Crippen LogP contribution is 2.36. The molecule has 0 fully saturated rings. The minimum atomic E-state index is -0.308. The minimum absolute atomic E-state index is 0.190. The molecule has 0 amide bonds. The van der Waals surface area contributed by atoms with E-state index in [4.69, 9.17) is 4.42 Å². The average Bonchev–Trinajstić information content (AvgIpc) is 2.42. The first-order valence-corrected chi connectivity index (χ1v) is 6.57. The first-order chi connectivity index (χ1) is 7.37. The van der Waals surface area contributed by atoms with Crippen LogP contribution in [0.4, 0.5) is 0 Å². The lowest BCUT2D eigenvalue weighted by Gasteiger charge is -2.17. The van der Waals surface area contributed by atoms with Crippen molar-refractivity contribution in [3.8, 4) is 0 Å². The standard InChI is InChI=1S/C10H14NO2P3/c1-6-2-3-8-7(4-6)11(9(12)13-8)5-10(14,15)16/h2-4H,5,14-16H2,1H3. The third-order valence-electron chi connectivity index (χ3n) is 2.25.